The zero-order chi connectivity index (χ0) is 23.8. The third-order valence-electron chi connectivity index (χ3n) is 7.29. The first-order valence-electron chi connectivity index (χ1n) is 11.9. The van der Waals surface area contributed by atoms with Crippen molar-refractivity contribution >= 4 is 43.9 Å². The molecule has 0 N–H and O–H groups in total. The Morgan fingerprint density at radius 3 is 2.09 bits per heavy atom. The quantitative estimate of drug-likeness (QED) is 0.249. The summed E-state index contributed by atoms with van der Waals surface area (Å²) >= 11 is 0. The molecule has 4 aromatic carbocycles. The van der Waals surface area contributed by atoms with Gasteiger partial charge in [-0.15, -0.1) is 0 Å². The van der Waals surface area contributed by atoms with E-state index >= 15 is 0 Å². The largest absolute Gasteiger partial charge is 0.456 e. The average molecular weight is 458 g/mol. The van der Waals surface area contributed by atoms with Crippen molar-refractivity contribution in [2.24, 2.45) is 7.05 Å². The third kappa shape index (κ3) is 2.71. The van der Waals surface area contributed by atoms with Gasteiger partial charge in [-0.3, -0.25) is 0 Å². The molecule has 4 heteroatoms. The molecule has 0 aliphatic heterocycles. The minimum Gasteiger partial charge on any atom is -0.456 e. The van der Waals surface area contributed by atoms with Crippen LogP contribution in [-0.2, 0) is 7.05 Å². The lowest BCUT2D eigenvalue weighted by molar-refractivity contribution is -0.659. The molecule has 0 atom stereocenters. The Hall–Kier alpha value is -4.31. The third-order valence-corrected chi connectivity index (χ3v) is 7.29. The van der Waals surface area contributed by atoms with E-state index in [0.717, 1.165) is 66.5 Å². The summed E-state index contributed by atoms with van der Waals surface area (Å²) in [5, 5.41) is 4.59. The van der Waals surface area contributed by atoms with Crippen molar-refractivity contribution in [1.29, 1.82) is 0 Å². The number of hydrogen-bond acceptors (Lipinski definition) is 2. The molecule has 7 aromatic rings. The lowest BCUT2D eigenvalue weighted by atomic mass is 10.0. The van der Waals surface area contributed by atoms with Gasteiger partial charge in [-0.25, -0.2) is 4.57 Å². The number of aromatic nitrogens is 2. The standard InChI is InChI=1S/C31H25N2O2/c1-18-13-14-23-21-9-5-7-11-25(21)35-30(23)27(18)31-32(4)15-16-33(31)28-19(2)17-24-22-10-6-8-12-26(22)34-29(24)20(28)3/h5-17H,1-4H3/q+1. The number of hydrogen-bond donors (Lipinski definition) is 0. The predicted octanol–water partition coefficient (Wildman–Crippen LogP) is 7.69. The predicted molar refractivity (Wildman–Crippen MR) is 141 cm³/mol. The van der Waals surface area contributed by atoms with E-state index in [1.165, 1.54) is 11.1 Å². The van der Waals surface area contributed by atoms with E-state index in [4.69, 9.17) is 8.83 Å². The second-order valence-corrected chi connectivity index (χ2v) is 9.48. The highest BCUT2D eigenvalue weighted by atomic mass is 16.3. The summed E-state index contributed by atoms with van der Waals surface area (Å²) < 4.78 is 17.3. The first-order chi connectivity index (χ1) is 17.0. The molecule has 35 heavy (non-hydrogen) atoms. The highest BCUT2D eigenvalue weighted by Crippen LogP contribution is 2.40. The van der Waals surface area contributed by atoms with Crippen molar-refractivity contribution in [3.8, 4) is 17.1 Å². The number of rotatable bonds is 2. The van der Waals surface area contributed by atoms with Crippen LogP contribution in [0.1, 0.15) is 16.7 Å². The normalized spacial score (nSPS) is 12.0. The summed E-state index contributed by atoms with van der Waals surface area (Å²) in [7, 11) is 2.09. The van der Waals surface area contributed by atoms with E-state index in [2.05, 4.69) is 91.8 Å². The van der Waals surface area contributed by atoms with Crippen LogP contribution in [0.15, 0.2) is 88.0 Å². The van der Waals surface area contributed by atoms with Gasteiger partial charge in [-0.1, -0.05) is 48.5 Å². The zero-order valence-electron chi connectivity index (χ0n) is 20.2. The van der Waals surface area contributed by atoms with Crippen LogP contribution in [0, 0.1) is 20.8 Å². The number of imidazole rings is 1. The van der Waals surface area contributed by atoms with Crippen molar-refractivity contribution < 1.29 is 13.4 Å². The topological polar surface area (TPSA) is 35.1 Å². The van der Waals surface area contributed by atoms with Gasteiger partial charge in [0.25, 0.3) is 5.82 Å². The monoisotopic (exact) mass is 457 g/mol. The van der Waals surface area contributed by atoms with Crippen molar-refractivity contribution in [1.82, 2.24) is 4.57 Å². The van der Waals surface area contributed by atoms with Gasteiger partial charge in [0.2, 0.25) is 0 Å². The Bertz CT molecular complexity index is 1950. The summed E-state index contributed by atoms with van der Waals surface area (Å²) in [6.45, 7) is 6.49. The Balaban J connectivity index is 1.56. The lowest BCUT2D eigenvalue weighted by Gasteiger charge is -2.11. The van der Waals surface area contributed by atoms with Crippen molar-refractivity contribution in [3.05, 3.63) is 95.8 Å². The summed E-state index contributed by atoms with van der Waals surface area (Å²) in [4.78, 5) is 0. The molecule has 0 saturated heterocycles. The SMILES string of the molecule is Cc1cc2c(oc3ccccc32)c(C)c1-n1cc[n+](C)c1-c1c(C)ccc2c1oc1ccccc12. The molecular formula is C31H25N2O2+. The van der Waals surface area contributed by atoms with Gasteiger partial charge in [0.15, 0.2) is 5.58 Å². The highest BCUT2D eigenvalue weighted by Gasteiger charge is 2.28. The Kier molecular flexibility index (Phi) is 4.07. The number of nitrogens with zero attached hydrogens (tertiary/aromatic N) is 2. The van der Waals surface area contributed by atoms with Crippen LogP contribution in [0.25, 0.3) is 61.0 Å². The van der Waals surface area contributed by atoms with Crippen LogP contribution >= 0.6 is 0 Å². The molecule has 3 aromatic heterocycles. The molecule has 0 radical (unpaired) electrons. The lowest BCUT2D eigenvalue weighted by Crippen LogP contribution is -2.29. The summed E-state index contributed by atoms with van der Waals surface area (Å²) in [6.07, 6.45) is 4.25. The average Bonchev–Trinajstić information content (AvgIpc) is 3.53. The molecule has 0 bridgehead atoms. The Labute approximate surface area is 202 Å². The van der Waals surface area contributed by atoms with Crippen molar-refractivity contribution in [3.63, 3.8) is 0 Å². The van der Waals surface area contributed by atoms with E-state index in [1.807, 2.05) is 24.3 Å². The van der Waals surface area contributed by atoms with E-state index < -0.39 is 0 Å². The number of fused-ring (bicyclic) bond motifs is 6. The van der Waals surface area contributed by atoms with Gasteiger partial charge in [0.1, 0.15) is 40.4 Å². The number of furan rings is 2. The van der Waals surface area contributed by atoms with Gasteiger partial charge in [0, 0.05) is 27.1 Å². The molecule has 0 aliphatic carbocycles. The van der Waals surface area contributed by atoms with Crippen molar-refractivity contribution in [2.75, 3.05) is 0 Å². The summed E-state index contributed by atoms with van der Waals surface area (Å²) in [6, 6.07) is 23.1. The van der Waals surface area contributed by atoms with E-state index in [0.29, 0.717) is 0 Å². The molecule has 0 fully saturated rings. The van der Waals surface area contributed by atoms with E-state index in [1.54, 1.807) is 0 Å². The van der Waals surface area contributed by atoms with Crippen LogP contribution in [0.5, 0.6) is 0 Å². The number of benzene rings is 4. The van der Waals surface area contributed by atoms with Gasteiger partial charge < -0.3 is 8.83 Å². The Morgan fingerprint density at radius 2 is 1.34 bits per heavy atom. The van der Waals surface area contributed by atoms with Gasteiger partial charge in [0.05, 0.1) is 7.05 Å². The van der Waals surface area contributed by atoms with E-state index in [-0.39, 0.29) is 0 Å². The molecule has 4 nitrogen and oxygen atoms in total. The molecule has 0 saturated carbocycles. The number of para-hydroxylation sites is 2. The second-order valence-electron chi connectivity index (χ2n) is 9.48. The van der Waals surface area contributed by atoms with Gasteiger partial charge in [-0.2, -0.15) is 4.57 Å². The molecule has 0 aliphatic rings. The minimum absolute atomic E-state index is 0.908. The van der Waals surface area contributed by atoms with Crippen molar-refractivity contribution in [2.45, 2.75) is 20.8 Å². The maximum atomic E-state index is 6.46. The molecule has 0 spiro atoms. The first kappa shape index (κ1) is 20.1. The van der Waals surface area contributed by atoms with Gasteiger partial charge >= 0.3 is 0 Å². The first-order valence-corrected chi connectivity index (χ1v) is 11.9. The van der Waals surface area contributed by atoms with Crippen LogP contribution in [0.4, 0.5) is 0 Å². The maximum absolute atomic E-state index is 6.46. The second kappa shape index (κ2) is 7.09. The summed E-state index contributed by atoms with van der Waals surface area (Å²) in [5.41, 5.74) is 9.43. The molecule has 0 unspecified atom stereocenters. The maximum Gasteiger partial charge on any atom is 0.297 e. The zero-order valence-corrected chi connectivity index (χ0v) is 20.2. The van der Waals surface area contributed by atoms with Crippen LogP contribution in [-0.4, -0.2) is 4.57 Å². The van der Waals surface area contributed by atoms with Gasteiger partial charge in [-0.05, 0) is 50.1 Å². The smallest absolute Gasteiger partial charge is 0.297 e. The van der Waals surface area contributed by atoms with Crippen LogP contribution in [0.3, 0.4) is 0 Å². The van der Waals surface area contributed by atoms with E-state index in [9.17, 15) is 0 Å². The molecule has 170 valence electrons. The molecule has 7 rings (SSSR count). The fourth-order valence-electron chi connectivity index (χ4n) is 5.67. The molecule has 0 amide bonds. The Morgan fingerprint density at radius 1 is 0.686 bits per heavy atom. The van der Waals surface area contributed by atoms with Crippen LogP contribution < -0.4 is 4.57 Å². The number of aryl methyl sites for hydroxylation is 4. The van der Waals surface area contributed by atoms with Crippen LogP contribution in [0.2, 0.25) is 0 Å². The summed E-state index contributed by atoms with van der Waals surface area (Å²) in [5.74, 6) is 1.08. The fraction of sp³-hybridized carbons (Fsp3) is 0.129. The fourth-order valence-corrected chi connectivity index (χ4v) is 5.67. The minimum atomic E-state index is 0.908. The molecule has 3 heterocycles. The highest BCUT2D eigenvalue weighted by molar-refractivity contribution is 6.10. The molecular weight excluding hydrogens is 432 g/mol.